The molecule has 8 aromatic rings. The van der Waals surface area contributed by atoms with E-state index in [9.17, 15) is 0 Å². The molecule has 10 rings (SSSR count). The number of rotatable bonds is 6. The van der Waals surface area contributed by atoms with Gasteiger partial charge in [0.05, 0.1) is 22.4 Å². The summed E-state index contributed by atoms with van der Waals surface area (Å²) in [6, 6.07) is 58.4. The molecule has 7 aromatic carbocycles. The van der Waals surface area contributed by atoms with E-state index in [0.29, 0.717) is 0 Å². The van der Waals surface area contributed by atoms with Crippen LogP contribution in [-0.4, -0.2) is 4.57 Å². The molecule has 0 fully saturated rings. The van der Waals surface area contributed by atoms with Crippen molar-refractivity contribution in [1.29, 1.82) is 0 Å². The number of hydrogen-bond acceptors (Lipinski definition) is 1. The average Bonchev–Trinajstić information content (AvgIpc) is 3.67. The third-order valence-electron chi connectivity index (χ3n) is 12.7. The Balaban J connectivity index is 1.15. The molecule has 57 heavy (non-hydrogen) atoms. The van der Waals surface area contributed by atoms with Crippen LogP contribution in [0.1, 0.15) is 56.9 Å². The molecule has 1 aliphatic carbocycles. The van der Waals surface area contributed by atoms with Crippen LogP contribution in [-0.2, 0) is 10.8 Å². The molecule has 0 unspecified atom stereocenters. The number of fused-ring (bicyclic) bond motifs is 6. The molecule has 2 aliphatic rings. The van der Waals surface area contributed by atoms with Crippen molar-refractivity contribution in [3.63, 3.8) is 0 Å². The van der Waals surface area contributed by atoms with Gasteiger partial charge in [-0.15, -0.1) is 0 Å². The summed E-state index contributed by atoms with van der Waals surface area (Å²) < 4.78 is 2.44. The van der Waals surface area contributed by atoms with Gasteiger partial charge < -0.3 is 9.47 Å². The van der Waals surface area contributed by atoms with Crippen molar-refractivity contribution in [3.8, 4) is 27.9 Å². The summed E-state index contributed by atoms with van der Waals surface area (Å²) in [7, 11) is 0. The minimum Gasteiger partial charge on any atom is -0.310 e. The second-order valence-corrected chi connectivity index (χ2v) is 16.6. The molecule has 0 radical (unpaired) electrons. The minimum atomic E-state index is -0.207. The predicted octanol–water partition coefficient (Wildman–Crippen LogP) is 15.0. The summed E-state index contributed by atoms with van der Waals surface area (Å²) in [5.41, 5.74) is 19.5. The fourth-order valence-electron chi connectivity index (χ4n) is 9.77. The molecule has 0 N–H and O–H groups in total. The maximum Gasteiger partial charge on any atom is 0.0544 e. The van der Waals surface area contributed by atoms with E-state index >= 15 is 0 Å². The monoisotopic (exact) mass is 734 g/mol. The van der Waals surface area contributed by atoms with E-state index in [1.54, 1.807) is 0 Å². The molecule has 0 spiro atoms. The van der Waals surface area contributed by atoms with Crippen LogP contribution in [0.4, 0.5) is 17.1 Å². The van der Waals surface area contributed by atoms with Crippen molar-refractivity contribution in [3.05, 3.63) is 210 Å². The maximum atomic E-state index is 4.26. The van der Waals surface area contributed by atoms with Gasteiger partial charge in [0.15, 0.2) is 0 Å². The standard InChI is InChI=1S/C55H46N2/c1-7-17-42-43-34-45-44-32-38(26-30-50(44)56(40-20-13-10-14-21-40)53(45)35-48(43)54(3,4)46(42)8-2)39-27-31-52-49(33-39)55(5,6)47-22-15-16-23-51(47)57(52)41-28-24-37(25-29-41)36-18-11-9-12-19-36/h7-35H,2H2,1,3-6H3/b17-7-. The molecule has 0 amide bonds. The van der Waals surface area contributed by atoms with Crippen LogP contribution in [0.25, 0.3) is 55.3 Å². The molecule has 2 nitrogen and oxygen atoms in total. The lowest BCUT2D eigenvalue weighted by Crippen LogP contribution is -2.30. The second kappa shape index (κ2) is 13.0. The summed E-state index contributed by atoms with van der Waals surface area (Å²) in [6.07, 6.45) is 6.46. The third kappa shape index (κ3) is 5.24. The summed E-state index contributed by atoms with van der Waals surface area (Å²) in [6.45, 7) is 15.8. The Morgan fingerprint density at radius 2 is 1.11 bits per heavy atom. The molecule has 0 atom stereocenters. The number of aromatic nitrogens is 1. The van der Waals surface area contributed by atoms with Crippen LogP contribution in [0.5, 0.6) is 0 Å². The largest absolute Gasteiger partial charge is 0.310 e. The zero-order chi connectivity index (χ0) is 39.1. The smallest absolute Gasteiger partial charge is 0.0544 e. The number of allylic oxidation sites excluding steroid dienone is 5. The van der Waals surface area contributed by atoms with Crippen molar-refractivity contribution >= 4 is 44.4 Å². The number of para-hydroxylation sites is 2. The third-order valence-corrected chi connectivity index (χ3v) is 12.7. The van der Waals surface area contributed by atoms with Crippen LogP contribution in [0.15, 0.2) is 188 Å². The SMILES string of the molecule is C=CC1=C(/C=C\C)c2cc3c4cc(-c5ccc6c(c5)C(C)(C)c5ccccc5N6c5ccc(-c6ccccc6)cc5)ccc4n(-c4ccccc4)c3cc2C1(C)C. The lowest BCUT2D eigenvalue weighted by atomic mass is 9.73. The number of benzene rings is 7. The summed E-state index contributed by atoms with van der Waals surface area (Å²) in [4.78, 5) is 2.45. The van der Waals surface area contributed by atoms with Crippen molar-refractivity contribution in [1.82, 2.24) is 4.57 Å². The van der Waals surface area contributed by atoms with E-state index in [2.05, 4.69) is 227 Å². The van der Waals surface area contributed by atoms with Crippen molar-refractivity contribution in [2.75, 3.05) is 4.90 Å². The Labute approximate surface area is 336 Å². The van der Waals surface area contributed by atoms with Gasteiger partial charge in [-0.1, -0.05) is 143 Å². The highest BCUT2D eigenvalue weighted by Crippen LogP contribution is 2.53. The van der Waals surface area contributed by atoms with Crippen LogP contribution in [0.3, 0.4) is 0 Å². The molecule has 276 valence electrons. The quantitative estimate of drug-likeness (QED) is 0.165. The first-order valence-electron chi connectivity index (χ1n) is 20.1. The first-order valence-corrected chi connectivity index (χ1v) is 20.1. The fourth-order valence-corrected chi connectivity index (χ4v) is 9.77. The van der Waals surface area contributed by atoms with E-state index in [4.69, 9.17) is 0 Å². The average molecular weight is 735 g/mol. The summed E-state index contributed by atoms with van der Waals surface area (Å²) in [5.74, 6) is 0. The predicted molar refractivity (Wildman–Crippen MR) is 243 cm³/mol. The van der Waals surface area contributed by atoms with Crippen molar-refractivity contribution in [2.45, 2.75) is 45.4 Å². The first-order chi connectivity index (χ1) is 27.7. The molecule has 1 aromatic heterocycles. The van der Waals surface area contributed by atoms with Crippen LogP contribution in [0, 0.1) is 0 Å². The Bertz CT molecular complexity index is 2950. The molecular weight excluding hydrogens is 689 g/mol. The normalized spacial score (nSPS) is 15.3. The molecular formula is C55H46N2. The summed E-state index contributed by atoms with van der Waals surface area (Å²) >= 11 is 0. The van der Waals surface area contributed by atoms with E-state index in [0.717, 1.165) is 11.4 Å². The van der Waals surface area contributed by atoms with Gasteiger partial charge in [-0.25, -0.2) is 0 Å². The molecule has 0 saturated heterocycles. The molecule has 2 heterocycles. The zero-order valence-electron chi connectivity index (χ0n) is 33.3. The van der Waals surface area contributed by atoms with E-state index < -0.39 is 0 Å². The van der Waals surface area contributed by atoms with Crippen molar-refractivity contribution < 1.29 is 0 Å². The zero-order valence-corrected chi connectivity index (χ0v) is 33.3. The highest BCUT2D eigenvalue weighted by atomic mass is 15.2. The van der Waals surface area contributed by atoms with Crippen LogP contribution >= 0.6 is 0 Å². The van der Waals surface area contributed by atoms with Gasteiger partial charge in [-0.3, -0.25) is 0 Å². The number of nitrogens with zero attached hydrogens (tertiary/aromatic N) is 2. The fraction of sp³-hybridized carbons (Fsp3) is 0.127. The van der Waals surface area contributed by atoms with E-state index in [1.807, 2.05) is 0 Å². The topological polar surface area (TPSA) is 8.17 Å². The van der Waals surface area contributed by atoms with Gasteiger partial charge in [0.1, 0.15) is 0 Å². The van der Waals surface area contributed by atoms with Gasteiger partial charge in [-0.2, -0.15) is 0 Å². The Morgan fingerprint density at radius 1 is 0.491 bits per heavy atom. The van der Waals surface area contributed by atoms with Gasteiger partial charge in [0, 0.05) is 33.0 Å². The van der Waals surface area contributed by atoms with Crippen LogP contribution < -0.4 is 4.90 Å². The lowest BCUT2D eigenvalue weighted by Gasteiger charge is -2.42. The lowest BCUT2D eigenvalue weighted by molar-refractivity contribution is 0.632. The van der Waals surface area contributed by atoms with Gasteiger partial charge in [-0.05, 0) is 129 Å². The van der Waals surface area contributed by atoms with E-state index in [1.165, 1.54) is 88.8 Å². The molecule has 0 saturated carbocycles. The van der Waals surface area contributed by atoms with Crippen molar-refractivity contribution in [2.24, 2.45) is 0 Å². The van der Waals surface area contributed by atoms with E-state index in [-0.39, 0.29) is 10.8 Å². The second-order valence-electron chi connectivity index (χ2n) is 16.6. The summed E-state index contributed by atoms with van der Waals surface area (Å²) in [5, 5.41) is 2.51. The minimum absolute atomic E-state index is 0.157. The maximum absolute atomic E-state index is 4.26. The van der Waals surface area contributed by atoms with Gasteiger partial charge in [0.25, 0.3) is 0 Å². The molecule has 1 aliphatic heterocycles. The Morgan fingerprint density at radius 3 is 1.84 bits per heavy atom. The molecule has 0 bridgehead atoms. The Hall–Kier alpha value is -6.64. The number of anilines is 3. The van der Waals surface area contributed by atoms with Gasteiger partial charge in [0.2, 0.25) is 0 Å². The highest BCUT2D eigenvalue weighted by Gasteiger charge is 2.38. The highest BCUT2D eigenvalue weighted by molar-refractivity contribution is 6.12. The van der Waals surface area contributed by atoms with Gasteiger partial charge >= 0.3 is 0 Å². The van der Waals surface area contributed by atoms with Crippen LogP contribution in [0.2, 0.25) is 0 Å². The molecule has 2 heteroatoms. The number of hydrogen-bond donors (Lipinski definition) is 0. The first kappa shape index (κ1) is 34.8. The Kier molecular flexibility index (Phi) is 7.92.